The third-order valence-corrected chi connectivity index (χ3v) is 6.31. The minimum atomic E-state index is -1.19. The first kappa shape index (κ1) is 19.6. The van der Waals surface area contributed by atoms with E-state index in [9.17, 15) is 5.11 Å². The molecule has 0 spiro atoms. The first-order valence-electron chi connectivity index (χ1n) is 8.70. The van der Waals surface area contributed by atoms with Gasteiger partial charge in [-0.3, -0.25) is 4.57 Å². The van der Waals surface area contributed by atoms with Crippen LogP contribution in [0.3, 0.4) is 0 Å². The number of ether oxygens (including phenoxy) is 2. The molecule has 0 bridgehead atoms. The molecule has 0 saturated carbocycles. The highest BCUT2D eigenvalue weighted by Crippen LogP contribution is 2.41. The lowest BCUT2D eigenvalue weighted by atomic mass is 10.1. The number of aromatic nitrogens is 4. The van der Waals surface area contributed by atoms with Crippen molar-refractivity contribution >= 4 is 36.0 Å². The normalized spacial score (nSPS) is 26.5. The standard InChI is InChI=1S/C17H26ClN4O3P/c1-6-24-16-13-15(20-10(2)21-16)22(9-19-13)17-12(18)14(23)11(25-17)7-8-26(3,4)5/h9,11-12,14,17,23H,3,6-8H2,1-2,4-5H3/t11-,12-,14-,17-/m1/s1. The number of aliphatic hydroxyl groups is 1. The maximum atomic E-state index is 10.5. The van der Waals surface area contributed by atoms with Crippen LogP contribution in [-0.4, -0.2) is 74.6 Å². The molecule has 1 N–H and O–H groups in total. The van der Waals surface area contributed by atoms with Crippen molar-refractivity contribution in [1.82, 2.24) is 19.5 Å². The molecule has 144 valence electrons. The van der Waals surface area contributed by atoms with Crippen molar-refractivity contribution in [2.45, 2.75) is 44.1 Å². The molecule has 1 aliphatic heterocycles. The molecule has 0 aromatic carbocycles. The average Bonchev–Trinajstić information content (AvgIpc) is 3.08. The van der Waals surface area contributed by atoms with Gasteiger partial charge in [0.2, 0.25) is 5.88 Å². The number of hydrogen-bond acceptors (Lipinski definition) is 6. The first-order chi connectivity index (χ1) is 12.2. The number of nitrogens with zero attached hydrogens (tertiary/aromatic N) is 4. The predicted molar refractivity (Wildman–Crippen MR) is 106 cm³/mol. The van der Waals surface area contributed by atoms with Crippen molar-refractivity contribution in [1.29, 1.82) is 0 Å². The summed E-state index contributed by atoms with van der Waals surface area (Å²) in [5.74, 6) is 1.02. The number of hydrogen-bond donors (Lipinski definition) is 1. The number of halogens is 1. The van der Waals surface area contributed by atoms with Gasteiger partial charge in [-0.1, -0.05) is 0 Å². The van der Waals surface area contributed by atoms with Gasteiger partial charge >= 0.3 is 0 Å². The molecule has 2 aromatic rings. The topological polar surface area (TPSA) is 82.3 Å². The first-order valence-corrected chi connectivity index (χ1v) is 12.2. The van der Waals surface area contributed by atoms with Crippen molar-refractivity contribution in [2.75, 3.05) is 26.1 Å². The van der Waals surface area contributed by atoms with Crippen molar-refractivity contribution in [2.24, 2.45) is 0 Å². The van der Waals surface area contributed by atoms with Gasteiger partial charge in [-0.2, -0.15) is 4.98 Å². The molecule has 3 heterocycles. The molecule has 4 atom stereocenters. The van der Waals surface area contributed by atoms with Gasteiger partial charge < -0.3 is 14.6 Å². The Morgan fingerprint density at radius 2 is 2.15 bits per heavy atom. The van der Waals surface area contributed by atoms with Crippen LogP contribution >= 0.6 is 18.5 Å². The Labute approximate surface area is 158 Å². The SMILES string of the molecule is C=P(C)(C)CC[C@H]1O[C@@H](n2cnc3c(OCC)nc(C)nc32)[C@H](Cl)[C@@H]1O. The summed E-state index contributed by atoms with van der Waals surface area (Å²) in [5, 5.41) is 9.94. The number of rotatable bonds is 6. The molecule has 7 nitrogen and oxygen atoms in total. The van der Waals surface area contributed by atoms with E-state index in [4.69, 9.17) is 21.1 Å². The lowest BCUT2D eigenvalue weighted by molar-refractivity contribution is -0.0176. The molecule has 2 aromatic heterocycles. The fourth-order valence-electron chi connectivity index (χ4n) is 3.06. The second-order valence-corrected chi connectivity index (χ2v) is 12.1. The zero-order valence-electron chi connectivity index (χ0n) is 15.6. The van der Waals surface area contributed by atoms with Crippen molar-refractivity contribution in [3.05, 3.63) is 12.2 Å². The summed E-state index contributed by atoms with van der Waals surface area (Å²) in [7, 11) is 0. The van der Waals surface area contributed by atoms with Gasteiger partial charge in [0.1, 0.15) is 17.3 Å². The fourth-order valence-corrected chi connectivity index (χ4v) is 4.36. The Balaban J connectivity index is 1.90. The molecule has 9 heteroatoms. The van der Waals surface area contributed by atoms with E-state index in [1.165, 1.54) is 0 Å². The monoisotopic (exact) mass is 400 g/mol. The van der Waals surface area contributed by atoms with Crippen LogP contribution in [0.5, 0.6) is 5.88 Å². The largest absolute Gasteiger partial charge is 0.476 e. The van der Waals surface area contributed by atoms with Crippen molar-refractivity contribution in [3.8, 4) is 5.88 Å². The van der Waals surface area contributed by atoms with Crippen molar-refractivity contribution in [3.63, 3.8) is 0 Å². The van der Waals surface area contributed by atoms with Crippen LogP contribution in [-0.2, 0) is 4.74 Å². The maximum absolute atomic E-state index is 10.5. The van der Waals surface area contributed by atoms with E-state index in [0.717, 1.165) is 12.6 Å². The van der Waals surface area contributed by atoms with E-state index in [1.54, 1.807) is 17.8 Å². The number of aliphatic hydroxyl groups excluding tert-OH is 1. The van der Waals surface area contributed by atoms with E-state index in [2.05, 4.69) is 34.6 Å². The highest BCUT2D eigenvalue weighted by atomic mass is 35.5. The molecule has 0 aliphatic carbocycles. The summed E-state index contributed by atoms with van der Waals surface area (Å²) >= 11 is 6.50. The van der Waals surface area contributed by atoms with Crippen LogP contribution in [0.15, 0.2) is 6.33 Å². The third-order valence-electron chi connectivity index (χ3n) is 4.37. The summed E-state index contributed by atoms with van der Waals surface area (Å²) in [4.78, 5) is 13.2. The highest BCUT2D eigenvalue weighted by molar-refractivity contribution is 7.72. The van der Waals surface area contributed by atoms with Gasteiger partial charge in [-0.25, -0.2) is 9.97 Å². The lowest BCUT2D eigenvalue weighted by Crippen LogP contribution is -2.28. The number of fused-ring (bicyclic) bond motifs is 1. The van der Waals surface area contributed by atoms with E-state index in [1.807, 2.05) is 6.92 Å². The molecule has 0 radical (unpaired) electrons. The lowest BCUT2D eigenvalue weighted by Gasteiger charge is -2.19. The summed E-state index contributed by atoms with van der Waals surface area (Å²) < 4.78 is 13.4. The molecular formula is C17H26ClN4O3P. The molecule has 0 amide bonds. The van der Waals surface area contributed by atoms with Gasteiger partial charge in [0.25, 0.3) is 0 Å². The minimum Gasteiger partial charge on any atom is -0.476 e. The third kappa shape index (κ3) is 3.91. The summed E-state index contributed by atoms with van der Waals surface area (Å²) in [6.45, 7) is 7.32. The molecule has 1 aliphatic rings. The minimum absolute atomic E-state index is 0.324. The van der Waals surface area contributed by atoms with Gasteiger partial charge in [-0.05, 0) is 39.8 Å². The molecule has 1 saturated heterocycles. The maximum Gasteiger partial charge on any atom is 0.245 e. The van der Waals surface area contributed by atoms with Gasteiger partial charge in [0.05, 0.1) is 19.0 Å². The van der Waals surface area contributed by atoms with Crippen LogP contribution < -0.4 is 4.74 Å². The average molecular weight is 401 g/mol. The highest BCUT2D eigenvalue weighted by Gasteiger charge is 2.44. The Kier molecular flexibility index (Phi) is 5.63. The molecule has 1 fully saturated rings. The Morgan fingerprint density at radius 3 is 2.81 bits per heavy atom. The van der Waals surface area contributed by atoms with Gasteiger partial charge in [-0.15, -0.1) is 24.8 Å². The quantitative estimate of drug-likeness (QED) is 0.592. The van der Waals surface area contributed by atoms with Crippen LogP contribution in [0.4, 0.5) is 0 Å². The Hall–Kier alpha value is -1.14. The van der Waals surface area contributed by atoms with Gasteiger partial charge in [0.15, 0.2) is 17.4 Å². The molecular weight excluding hydrogens is 375 g/mol. The summed E-state index contributed by atoms with van der Waals surface area (Å²) in [6, 6.07) is 0. The van der Waals surface area contributed by atoms with Gasteiger partial charge in [0, 0.05) is 0 Å². The number of imidazole rings is 1. The number of aryl methyl sites for hydroxylation is 1. The van der Waals surface area contributed by atoms with Crippen LogP contribution in [0.1, 0.15) is 25.4 Å². The van der Waals surface area contributed by atoms with Crippen LogP contribution in [0, 0.1) is 6.92 Å². The molecule has 26 heavy (non-hydrogen) atoms. The Morgan fingerprint density at radius 1 is 1.42 bits per heavy atom. The number of alkyl halides is 1. The summed E-state index contributed by atoms with van der Waals surface area (Å²) in [6.07, 6.45) is 5.89. The zero-order chi connectivity index (χ0) is 19.1. The second-order valence-electron chi connectivity index (χ2n) is 7.28. The van der Waals surface area contributed by atoms with Crippen LogP contribution in [0.2, 0.25) is 0 Å². The predicted octanol–water partition coefficient (Wildman–Crippen LogP) is 2.50. The van der Waals surface area contributed by atoms with E-state index < -0.39 is 24.6 Å². The van der Waals surface area contributed by atoms with E-state index in [-0.39, 0.29) is 6.10 Å². The van der Waals surface area contributed by atoms with E-state index in [0.29, 0.717) is 29.5 Å². The fraction of sp³-hybridized carbons (Fsp3) is 0.647. The zero-order valence-corrected chi connectivity index (χ0v) is 17.2. The second kappa shape index (κ2) is 7.47. The molecule has 0 unspecified atom stereocenters. The summed E-state index contributed by atoms with van der Waals surface area (Å²) in [5.41, 5.74) is 1.15. The molecule has 3 rings (SSSR count). The van der Waals surface area contributed by atoms with E-state index >= 15 is 0 Å². The Bertz CT molecular complexity index is 837. The van der Waals surface area contributed by atoms with Crippen molar-refractivity contribution < 1.29 is 14.6 Å². The smallest absolute Gasteiger partial charge is 0.245 e. The van der Waals surface area contributed by atoms with Crippen LogP contribution in [0.25, 0.3) is 11.2 Å².